The maximum Gasteiger partial charge on any atom is 0.275 e. The third kappa shape index (κ3) is 5.41. The van der Waals surface area contributed by atoms with E-state index in [1.165, 1.54) is 4.68 Å². The predicted octanol–water partition coefficient (Wildman–Crippen LogP) is 4.86. The highest BCUT2D eigenvalue weighted by Gasteiger charge is 2.15. The van der Waals surface area contributed by atoms with Crippen LogP contribution in [0.2, 0.25) is 5.02 Å². The van der Waals surface area contributed by atoms with Gasteiger partial charge in [0.1, 0.15) is 0 Å². The summed E-state index contributed by atoms with van der Waals surface area (Å²) < 4.78 is 21.5. The standard InChI is InChI=1S/C22H23ClN2O3S/c1-15(2)6-11-20-21(17-9-7-16(8-10-17)14-29(27)28)13-24-25(22(20)26)19-5-3-4-18(23)12-19/h3-5,7-10,12-13,15H,6,11,14H2,1-2H3,(H,27,28). The van der Waals surface area contributed by atoms with Gasteiger partial charge >= 0.3 is 0 Å². The van der Waals surface area contributed by atoms with Crippen LogP contribution in [0.5, 0.6) is 0 Å². The molecule has 2 aromatic carbocycles. The van der Waals surface area contributed by atoms with Gasteiger partial charge in [-0.1, -0.05) is 55.8 Å². The molecule has 3 aromatic rings. The number of hydrogen-bond acceptors (Lipinski definition) is 3. The van der Waals surface area contributed by atoms with Crippen LogP contribution in [0.3, 0.4) is 0 Å². The summed E-state index contributed by atoms with van der Waals surface area (Å²) in [4.78, 5) is 13.3. The molecule has 7 heteroatoms. The molecule has 29 heavy (non-hydrogen) atoms. The van der Waals surface area contributed by atoms with Crippen LogP contribution in [-0.2, 0) is 23.3 Å². The van der Waals surface area contributed by atoms with Crippen molar-refractivity contribution in [2.24, 2.45) is 5.92 Å². The molecule has 0 bridgehead atoms. The highest BCUT2D eigenvalue weighted by molar-refractivity contribution is 7.78. The number of rotatable bonds is 7. The Morgan fingerprint density at radius 2 is 1.90 bits per heavy atom. The van der Waals surface area contributed by atoms with E-state index < -0.39 is 11.1 Å². The van der Waals surface area contributed by atoms with Crippen molar-refractivity contribution in [3.05, 3.63) is 81.2 Å². The molecule has 1 atom stereocenters. The molecule has 1 aromatic heterocycles. The fourth-order valence-electron chi connectivity index (χ4n) is 3.13. The number of nitrogens with zero attached hydrogens (tertiary/aromatic N) is 2. The molecule has 0 fully saturated rings. The van der Waals surface area contributed by atoms with Crippen LogP contribution in [0.1, 0.15) is 31.4 Å². The molecule has 0 aliphatic carbocycles. The Morgan fingerprint density at radius 3 is 2.52 bits per heavy atom. The Hall–Kier alpha value is -2.28. The van der Waals surface area contributed by atoms with Gasteiger partial charge in [0.2, 0.25) is 0 Å². The molecular weight excluding hydrogens is 408 g/mol. The van der Waals surface area contributed by atoms with Gasteiger partial charge in [-0.15, -0.1) is 0 Å². The molecule has 0 aliphatic rings. The Balaban J connectivity index is 2.07. The second kappa shape index (κ2) is 9.48. The van der Waals surface area contributed by atoms with Crippen molar-refractivity contribution in [1.29, 1.82) is 0 Å². The van der Waals surface area contributed by atoms with E-state index in [4.69, 9.17) is 16.2 Å². The van der Waals surface area contributed by atoms with Crippen molar-refractivity contribution >= 4 is 22.7 Å². The fraction of sp³-hybridized carbons (Fsp3) is 0.273. The first kappa shape index (κ1) is 21.4. The molecule has 0 saturated carbocycles. The van der Waals surface area contributed by atoms with Crippen molar-refractivity contribution in [1.82, 2.24) is 9.78 Å². The molecule has 0 radical (unpaired) electrons. The minimum Gasteiger partial charge on any atom is -0.306 e. The van der Waals surface area contributed by atoms with E-state index in [0.717, 1.165) is 23.1 Å². The average Bonchev–Trinajstić information content (AvgIpc) is 2.67. The molecule has 0 aliphatic heterocycles. The summed E-state index contributed by atoms with van der Waals surface area (Å²) in [5.74, 6) is 0.534. The Bertz CT molecular complexity index is 1080. The van der Waals surface area contributed by atoms with E-state index >= 15 is 0 Å². The van der Waals surface area contributed by atoms with Crippen LogP contribution in [0.4, 0.5) is 0 Å². The smallest absolute Gasteiger partial charge is 0.275 e. The third-order valence-corrected chi connectivity index (χ3v) is 5.47. The van der Waals surface area contributed by atoms with Gasteiger partial charge in [0.05, 0.1) is 17.6 Å². The van der Waals surface area contributed by atoms with Gasteiger partial charge in [-0.05, 0) is 48.1 Å². The van der Waals surface area contributed by atoms with Crippen molar-refractivity contribution in [2.75, 3.05) is 0 Å². The average molecular weight is 431 g/mol. The van der Waals surface area contributed by atoms with Crippen molar-refractivity contribution in [2.45, 2.75) is 32.4 Å². The zero-order valence-corrected chi connectivity index (χ0v) is 17.9. The predicted molar refractivity (Wildman–Crippen MR) is 118 cm³/mol. The zero-order chi connectivity index (χ0) is 21.0. The van der Waals surface area contributed by atoms with Gasteiger partial charge in [0.25, 0.3) is 5.56 Å². The van der Waals surface area contributed by atoms with Crippen LogP contribution >= 0.6 is 11.6 Å². The summed E-state index contributed by atoms with van der Waals surface area (Å²) in [6, 6.07) is 14.4. The summed E-state index contributed by atoms with van der Waals surface area (Å²) in [7, 11) is 0. The fourth-order valence-corrected chi connectivity index (χ4v) is 3.79. The quantitative estimate of drug-likeness (QED) is 0.543. The third-order valence-electron chi connectivity index (χ3n) is 4.66. The molecule has 152 valence electrons. The Labute approximate surface area is 177 Å². The lowest BCUT2D eigenvalue weighted by molar-refractivity contribution is 0.563. The summed E-state index contributed by atoms with van der Waals surface area (Å²) in [6.07, 6.45) is 3.22. The zero-order valence-electron chi connectivity index (χ0n) is 16.3. The Kier molecular flexibility index (Phi) is 7.00. The van der Waals surface area contributed by atoms with Crippen LogP contribution in [0.25, 0.3) is 16.8 Å². The number of halogens is 1. The summed E-state index contributed by atoms with van der Waals surface area (Å²) >= 11 is 4.20. The van der Waals surface area contributed by atoms with Gasteiger partial charge in [-0.3, -0.25) is 4.79 Å². The number of aromatic nitrogens is 2. The first-order valence-electron chi connectivity index (χ1n) is 9.39. The van der Waals surface area contributed by atoms with E-state index in [9.17, 15) is 9.00 Å². The molecule has 1 heterocycles. The molecule has 0 spiro atoms. The molecule has 1 N–H and O–H groups in total. The minimum absolute atomic E-state index is 0.0785. The molecule has 1 unspecified atom stereocenters. The second-order valence-electron chi connectivity index (χ2n) is 7.33. The lowest BCUT2D eigenvalue weighted by Gasteiger charge is -2.14. The minimum atomic E-state index is -1.89. The van der Waals surface area contributed by atoms with Crippen molar-refractivity contribution in [3.63, 3.8) is 0 Å². The second-order valence-corrected chi connectivity index (χ2v) is 8.70. The van der Waals surface area contributed by atoms with E-state index in [1.54, 1.807) is 42.6 Å². The maximum atomic E-state index is 13.3. The van der Waals surface area contributed by atoms with Crippen LogP contribution in [-0.4, -0.2) is 18.5 Å². The van der Waals surface area contributed by atoms with E-state index in [1.807, 2.05) is 12.1 Å². The summed E-state index contributed by atoms with van der Waals surface area (Å²) in [5, 5.41) is 4.92. The van der Waals surface area contributed by atoms with Gasteiger partial charge in [-0.2, -0.15) is 9.78 Å². The lowest BCUT2D eigenvalue weighted by atomic mass is 9.96. The van der Waals surface area contributed by atoms with Gasteiger partial charge in [-0.25, -0.2) is 4.21 Å². The molecular formula is C22H23ClN2O3S. The van der Waals surface area contributed by atoms with E-state index in [-0.39, 0.29) is 11.3 Å². The first-order chi connectivity index (χ1) is 13.8. The van der Waals surface area contributed by atoms with E-state index in [0.29, 0.717) is 28.6 Å². The topological polar surface area (TPSA) is 72.2 Å². The van der Waals surface area contributed by atoms with Crippen LogP contribution in [0.15, 0.2) is 59.5 Å². The molecule has 0 amide bonds. The van der Waals surface area contributed by atoms with E-state index in [2.05, 4.69) is 18.9 Å². The van der Waals surface area contributed by atoms with Gasteiger partial charge in [0, 0.05) is 16.1 Å². The molecule has 3 rings (SSSR count). The summed E-state index contributed by atoms with van der Waals surface area (Å²) in [5.41, 5.74) is 3.57. The van der Waals surface area contributed by atoms with Crippen molar-refractivity contribution in [3.8, 4) is 16.8 Å². The monoisotopic (exact) mass is 430 g/mol. The van der Waals surface area contributed by atoms with Gasteiger partial charge < -0.3 is 4.55 Å². The van der Waals surface area contributed by atoms with Crippen LogP contribution < -0.4 is 5.56 Å². The van der Waals surface area contributed by atoms with Gasteiger partial charge in [0.15, 0.2) is 11.1 Å². The molecule has 5 nitrogen and oxygen atoms in total. The highest BCUT2D eigenvalue weighted by Crippen LogP contribution is 2.24. The number of benzene rings is 2. The van der Waals surface area contributed by atoms with Crippen LogP contribution in [0, 0.1) is 5.92 Å². The lowest BCUT2D eigenvalue weighted by Crippen LogP contribution is -2.25. The largest absolute Gasteiger partial charge is 0.306 e. The first-order valence-corrected chi connectivity index (χ1v) is 11.0. The summed E-state index contributed by atoms with van der Waals surface area (Å²) in [6.45, 7) is 4.25. The highest BCUT2D eigenvalue weighted by atomic mass is 35.5. The normalized spacial score (nSPS) is 12.3. The maximum absolute atomic E-state index is 13.3. The molecule has 0 saturated heterocycles. The number of hydrogen-bond donors (Lipinski definition) is 1. The van der Waals surface area contributed by atoms with Crippen molar-refractivity contribution < 1.29 is 8.76 Å². The Morgan fingerprint density at radius 1 is 1.17 bits per heavy atom. The SMILES string of the molecule is CC(C)CCc1c(-c2ccc(CS(=O)O)cc2)cnn(-c2cccc(Cl)c2)c1=O.